The van der Waals surface area contributed by atoms with Gasteiger partial charge in [-0.3, -0.25) is 19.2 Å². The van der Waals surface area contributed by atoms with Crippen LogP contribution < -0.4 is 10.6 Å². The average molecular weight is 615 g/mol. The van der Waals surface area contributed by atoms with Crippen molar-refractivity contribution in [2.75, 3.05) is 44.6 Å². The van der Waals surface area contributed by atoms with Gasteiger partial charge in [-0.25, -0.2) is 4.98 Å². The molecular formula is C29H30ClF3N8O2. The van der Waals surface area contributed by atoms with Crippen molar-refractivity contribution in [3.05, 3.63) is 52.7 Å². The summed E-state index contributed by atoms with van der Waals surface area (Å²) in [5, 5.41) is 9.76. The second kappa shape index (κ2) is 11.0. The van der Waals surface area contributed by atoms with Crippen LogP contribution in [0.2, 0.25) is 5.02 Å². The van der Waals surface area contributed by atoms with Gasteiger partial charge >= 0.3 is 6.18 Å². The molecule has 14 heteroatoms. The highest BCUT2D eigenvalue weighted by molar-refractivity contribution is 6.34. The number of hydrogen-bond acceptors (Lipinski definition) is 6. The van der Waals surface area contributed by atoms with Crippen LogP contribution >= 0.6 is 11.6 Å². The summed E-state index contributed by atoms with van der Waals surface area (Å²) in [6, 6.07) is 5.19. The van der Waals surface area contributed by atoms with Crippen LogP contribution in [0.3, 0.4) is 0 Å². The Balaban J connectivity index is 1.10. The van der Waals surface area contributed by atoms with Crippen molar-refractivity contribution >= 4 is 29.1 Å². The number of carbonyl (C=O) groups excluding carboxylic acids is 2. The molecule has 3 aromatic rings. The zero-order valence-electron chi connectivity index (χ0n) is 23.4. The van der Waals surface area contributed by atoms with Crippen molar-refractivity contribution in [1.82, 2.24) is 34.4 Å². The van der Waals surface area contributed by atoms with Gasteiger partial charge in [-0.15, -0.1) is 6.42 Å². The lowest BCUT2D eigenvalue weighted by molar-refractivity contribution is -0.141. The molecule has 0 atom stereocenters. The fourth-order valence-corrected chi connectivity index (χ4v) is 6.50. The number of amides is 2. The molecule has 2 amide bonds. The monoisotopic (exact) mass is 614 g/mol. The highest BCUT2D eigenvalue weighted by Gasteiger charge is 2.50. The van der Waals surface area contributed by atoms with Crippen molar-refractivity contribution in [3.63, 3.8) is 0 Å². The maximum absolute atomic E-state index is 13.6. The molecule has 0 radical (unpaired) electrons. The Morgan fingerprint density at radius 2 is 1.93 bits per heavy atom. The van der Waals surface area contributed by atoms with E-state index in [-0.39, 0.29) is 34.6 Å². The van der Waals surface area contributed by atoms with E-state index < -0.39 is 17.8 Å². The van der Waals surface area contributed by atoms with Crippen LogP contribution in [0, 0.1) is 17.8 Å². The van der Waals surface area contributed by atoms with Gasteiger partial charge in [-0.1, -0.05) is 17.5 Å². The van der Waals surface area contributed by atoms with Gasteiger partial charge in [0.15, 0.2) is 11.5 Å². The number of nitrogens with zero attached hydrogens (tertiary/aromatic N) is 6. The first-order valence-corrected chi connectivity index (χ1v) is 14.3. The standard InChI is InChI=1S/C29H30ClF3N8O2/c1-3-6-41-15-21(24(37-41)29(31,32)33)23-14-35-25(38(23)2)26(42)36-18-4-5-20(22(30)11-18)27(43)40-9-7-39(8-10-40)19-12-28(13-19)16-34-17-28/h1,4-5,11,14-15,19,34H,6-10,12-13,16-17H2,2H3,(H,36,42). The second-order valence-electron chi connectivity index (χ2n) is 11.5. The first kappa shape index (κ1) is 29.2. The number of nitrogens with one attached hydrogen (secondary N) is 2. The van der Waals surface area contributed by atoms with E-state index in [0.29, 0.717) is 35.8 Å². The first-order chi connectivity index (χ1) is 20.5. The lowest BCUT2D eigenvalue weighted by Crippen LogP contribution is -2.66. The van der Waals surface area contributed by atoms with Crippen molar-refractivity contribution < 1.29 is 22.8 Å². The molecule has 2 N–H and O–H groups in total. The predicted octanol–water partition coefficient (Wildman–Crippen LogP) is 3.35. The van der Waals surface area contributed by atoms with Crippen LogP contribution in [0.4, 0.5) is 18.9 Å². The molecular weight excluding hydrogens is 585 g/mol. The van der Waals surface area contributed by atoms with Gasteiger partial charge in [0.2, 0.25) is 0 Å². The molecule has 43 heavy (non-hydrogen) atoms. The number of alkyl halides is 3. The summed E-state index contributed by atoms with van der Waals surface area (Å²) in [5.41, 5.74) is -0.201. The third kappa shape index (κ3) is 5.50. The molecule has 1 spiro atoms. The molecule has 226 valence electrons. The normalized spacial score (nSPS) is 18.7. The smallest absolute Gasteiger partial charge is 0.336 e. The summed E-state index contributed by atoms with van der Waals surface area (Å²) in [7, 11) is 1.43. The summed E-state index contributed by atoms with van der Waals surface area (Å²) in [6.45, 7) is 4.97. The van der Waals surface area contributed by atoms with Crippen molar-refractivity contribution in [2.24, 2.45) is 12.5 Å². The molecule has 3 aliphatic rings. The van der Waals surface area contributed by atoms with E-state index >= 15 is 0 Å². The Labute approximate surface area is 251 Å². The zero-order valence-corrected chi connectivity index (χ0v) is 24.2. The van der Waals surface area contributed by atoms with Crippen LogP contribution in [0.5, 0.6) is 0 Å². The minimum absolute atomic E-state index is 0.0386. The number of anilines is 1. The summed E-state index contributed by atoms with van der Waals surface area (Å²) >= 11 is 6.48. The quantitative estimate of drug-likeness (QED) is 0.413. The van der Waals surface area contributed by atoms with Crippen molar-refractivity contribution in [1.29, 1.82) is 0 Å². The van der Waals surface area contributed by atoms with E-state index in [1.807, 2.05) is 0 Å². The lowest BCUT2D eigenvalue weighted by Gasteiger charge is -2.58. The van der Waals surface area contributed by atoms with Gasteiger partial charge in [0.05, 0.1) is 28.0 Å². The predicted molar refractivity (Wildman–Crippen MR) is 153 cm³/mol. The van der Waals surface area contributed by atoms with Gasteiger partial charge < -0.3 is 20.1 Å². The third-order valence-corrected chi connectivity index (χ3v) is 8.98. The van der Waals surface area contributed by atoms with Crippen molar-refractivity contribution in [2.45, 2.75) is 31.6 Å². The molecule has 4 heterocycles. The van der Waals surface area contributed by atoms with E-state index in [1.54, 1.807) is 17.0 Å². The van der Waals surface area contributed by atoms with E-state index in [0.717, 1.165) is 30.9 Å². The molecule has 0 unspecified atom stereocenters. The van der Waals surface area contributed by atoms with E-state index in [4.69, 9.17) is 18.0 Å². The van der Waals surface area contributed by atoms with Gasteiger partial charge in [0, 0.05) is 64.2 Å². The minimum atomic E-state index is -4.74. The van der Waals surface area contributed by atoms with Crippen molar-refractivity contribution in [3.8, 4) is 23.6 Å². The molecule has 1 saturated carbocycles. The number of hydrogen-bond donors (Lipinski definition) is 2. The van der Waals surface area contributed by atoms with E-state index in [2.05, 4.69) is 31.5 Å². The summed E-state index contributed by atoms with van der Waals surface area (Å²) in [4.78, 5) is 34.6. The molecule has 3 fully saturated rings. The molecule has 2 saturated heterocycles. The van der Waals surface area contributed by atoms with Gasteiger partial charge in [-0.2, -0.15) is 18.3 Å². The highest BCUT2D eigenvalue weighted by atomic mass is 35.5. The maximum Gasteiger partial charge on any atom is 0.435 e. The molecule has 1 aromatic carbocycles. The second-order valence-corrected chi connectivity index (χ2v) is 11.9. The fourth-order valence-electron chi connectivity index (χ4n) is 6.24. The number of rotatable bonds is 6. The summed E-state index contributed by atoms with van der Waals surface area (Å²) in [6.07, 6.45) is 5.27. The Bertz CT molecular complexity index is 1600. The number of halogens is 4. The van der Waals surface area contributed by atoms with Crippen LogP contribution in [0.1, 0.15) is 39.5 Å². The lowest BCUT2D eigenvalue weighted by atomic mass is 9.61. The number of piperazine rings is 1. The fraction of sp³-hybridized carbons (Fsp3) is 0.448. The van der Waals surface area contributed by atoms with Crippen LogP contribution in [0.15, 0.2) is 30.6 Å². The SMILES string of the molecule is C#CCn1cc(-c2cnc(C(=O)Nc3ccc(C(=O)N4CCN(C5CC6(CNC6)C5)CC4)c(Cl)c3)n2C)c(C(F)(F)F)n1. The van der Waals surface area contributed by atoms with Crippen LogP contribution in [0.25, 0.3) is 11.3 Å². The van der Waals surface area contributed by atoms with Gasteiger partial charge in [-0.05, 0) is 36.5 Å². The molecule has 6 rings (SSSR count). The Morgan fingerprint density at radius 3 is 2.53 bits per heavy atom. The third-order valence-electron chi connectivity index (χ3n) is 8.66. The molecule has 10 nitrogen and oxygen atoms in total. The van der Waals surface area contributed by atoms with Crippen LogP contribution in [-0.4, -0.2) is 86.3 Å². The van der Waals surface area contributed by atoms with Gasteiger partial charge in [0.1, 0.15) is 6.54 Å². The zero-order chi connectivity index (χ0) is 30.5. The first-order valence-electron chi connectivity index (χ1n) is 13.9. The topological polar surface area (TPSA) is 100 Å². The van der Waals surface area contributed by atoms with Crippen LogP contribution in [-0.2, 0) is 19.8 Å². The molecule has 0 bridgehead atoms. The number of imidazole rings is 1. The molecule has 2 aromatic heterocycles. The van der Waals surface area contributed by atoms with E-state index in [1.165, 1.54) is 42.9 Å². The van der Waals surface area contributed by atoms with E-state index in [9.17, 15) is 22.8 Å². The summed E-state index contributed by atoms with van der Waals surface area (Å²) < 4.78 is 43.2. The molecule has 1 aliphatic carbocycles. The van der Waals surface area contributed by atoms with Gasteiger partial charge in [0.25, 0.3) is 11.8 Å². The average Bonchev–Trinajstić information content (AvgIpc) is 3.51. The number of benzene rings is 1. The number of carbonyl (C=O) groups is 2. The number of aromatic nitrogens is 4. The largest absolute Gasteiger partial charge is 0.435 e. The Hall–Kier alpha value is -3.86. The maximum atomic E-state index is 13.6. The Kier molecular flexibility index (Phi) is 7.48. The number of terminal acetylenes is 1. The minimum Gasteiger partial charge on any atom is -0.336 e. The Morgan fingerprint density at radius 1 is 1.21 bits per heavy atom. The molecule has 2 aliphatic heterocycles. The highest BCUT2D eigenvalue weighted by Crippen LogP contribution is 2.46. The summed E-state index contributed by atoms with van der Waals surface area (Å²) in [5.74, 6) is 1.28.